The first-order valence-electron chi connectivity index (χ1n) is 10.2. The molecule has 0 spiro atoms. The molecule has 0 radical (unpaired) electrons. The van der Waals surface area contributed by atoms with Crippen molar-refractivity contribution in [2.45, 2.75) is 0 Å². The van der Waals surface area contributed by atoms with Crippen LogP contribution in [0.2, 0.25) is 0 Å². The fourth-order valence-corrected chi connectivity index (χ4v) is 3.04. The normalized spacial score (nSPS) is 10.2. The van der Waals surface area contributed by atoms with Gasteiger partial charge in [0.05, 0.1) is 11.1 Å². The zero-order valence-electron chi connectivity index (χ0n) is 18.3. The van der Waals surface area contributed by atoms with Gasteiger partial charge in [-0.05, 0) is 72.8 Å². The molecule has 0 atom stereocenters. The highest BCUT2D eigenvalue weighted by molar-refractivity contribution is 6.12. The van der Waals surface area contributed by atoms with Crippen molar-refractivity contribution in [3.63, 3.8) is 0 Å². The number of aromatic hydroxyl groups is 8. The van der Waals surface area contributed by atoms with Crippen LogP contribution in [-0.4, -0.2) is 52.4 Å². The third-order valence-corrected chi connectivity index (χ3v) is 5.01. The molecule has 10 heteroatoms. The largest absolute Gasteiger partial charge is 0.508 e. The van der Waals surface area contributed by atoms with Crippen molar-refractivity contribution in [3.8, 4) is 46.0 Å². The summed E-state index contributed by atoms with van der Waals surface area (Å²) in [5.74, 6) is -4.84. The zero-order valence-corrected chi connectivity index (χ0v) is 18.3. The van der Waals surface area contributed by atoms with E-state index < -0.39 is 46.1 Å². The molecule has 0 fully saturated rings. The van der Waals surface area contributed by atoms with E-state index in [0.29, 0.717) is 0 Å². The molecule has 0 aliphatic heterocycles. The molecule has 0 saturated heterocycles. The number of benzene rings is 4. The molecule has 8 N–H and O–H groups in total. The van der Waals surface area contributed by atoms with E-state index in [-0.39, 0.29) is 33.8 Å². The van der Waals surface area contributed by atoms with E-state index in [0.717, 1.165) is 12.1 Å². The summed E-state index contributed by atoms with van der Waals surface area (Å²) in [6.07, 6.45) is 0. The molecule has 4 aromatic carbocycles. The van der Waals surface area contributed by atoms with Crippen molar-refractivity contribution in [1.29, 1.82) is 0 Å². The third-order valence-electron chi connectivity index (χ3n) is 5.01. The minimum atomic E-state index is -0.736. The van der Waals surface area contributed by atoms with Crippen LogP contribution in [0, 0.1) is 0 Å². The molecule has 0 saturated carbocycles. The first-order valence-corrected chi connectivity index (χ1v) is 10.2. The second-order valence-electron chi connectivity index (χ2n) is 7.41. The van der Waals surface area contributed by atoms with Crippen LogP contribution in [0.15, 0.2) is 72.8 Å². The molecular formula is C26H20O10. The fraction of sp³-hybridized carbons (Fsp3) is 0. The van der Waals surface area contributed by atoms with E-state index in [2.05, 4.69) is 0 Å². The Balaban J connectivity index is 0.000000201. The van der Waals surface area contributed by atoms with Crippen LogP contribution in [0.3, 0.4) is 0 Å². The Bertz CT molecular complexity index is 1310. The smallest absolute Gasteiger partial charge is 0.201 e. The topological polar surface area (TPSA) is 196 Å². The van der Waals surface area contributed by atoms with Crippen molar-refractivity contribution in [2.75, 3.05) is 0 Å². The molecule has 36 heavy (non-hydrogen) atoms. The predicted octanol–water partition coefficient (Wildman–Crippen LogP) is 3.48. The van der Waals surface area contributed by atoms with Gasteiger partial charge in [-0.25, -0.2) is 0 Å². The number of carbonyl (C=O) groups excluding carboxylic acids is 2. The average molecular weight is 492 g/mol. The highest BCUT2D eigenvalue weighted by Gasteiger charge is 2.19. The van der Waals surface area contributed by atoms with Crippen molar-refractivity contribution in [3.05, 3.63) is 95.1 Å². The Morgan fingerprint density at radius 2 is 0.694 bits per heavy atom. The summed E-state index contributed by atoms with van der Waals surface area (Å²) in [7, 11) is 0. The van der Waals surface area contributed by atoms with E-state index in [1.807, 2.05) is 0 Å². The highest BCUT2D eigenvalue weighted by Crippen LogP contribution is 2.39. The van der Waals surface area contributed by atoms with Crippen LogP contribution in [0.1, 0.15) is 31.8 Å². The van der Waals surface area contributed by atoms with Crippen molar-refractivity contribution in [2.24, 2.45) is 0 Å². The molecule has 0 amide bonds. The molecule has 184 valence electrons. The summed E-state index contributed by atoms with van der Waals surface area (Å²) in [6.45, 7) is 0. The number of carbonyl (C=O) groups is 2. The monoisotopic (exact) mass is 492 g/mol. The summed E-state index contributed by atoms with van der Waals surface area (Å²) in [5, 5.41) is 74.4. The summed E-state index contributed by atoms with van der Waals surface area (Å²) in [5.41, 5.74) is 0.230. The second kappa shape index (κ2) is 10.3. The highest BCUT2D eigenvalue weighted by atomic mass is 16.3. The molecule has 0 heterocycles. The van der Waals surface area contributed by atoms with Gasteiger partial charge in [-0.3, -0.25) is 9.59 Å². The van der Waals surface area contributed by atoms with E-state index in [4.69, 9.17) is 20.4 Å². The molecule has 4 rings (SSSR count). The number of ketones is 2. The summed E-state index contributed by atoms with van der Waals surface area (Å²) < 4.78 is 0. The standard InChI is InChI=1S/2C13H10O5/c2*14-8-3-1-7(2-4-8)11(16)9-5-6-10(15)13(18)12(9)17/h2*1-6,14-15,17-18H. The lowest BCUT2D eigenvalue weighted by Gasteiger charge is -2.06. The molecule has 0 bridgehead atoms. The van der Waals surface area contributed by atoms with Crippen LogP contribution in [0.25, 0.3) is 0 Å². The van der Waals surface area contributed by atoms with Gasteiger partial charge in [-0.1, -0.05) is 0 Å². The Morgan fingerprint density at radius 3 is 1.00 bits per heavy atom. The van der Waals surface area contributed by atoms with E-state index >= 15 is 0 Å². The van der Waals surface area contributed by atoms with Crippen molar-refractivity contribution < 1.29 is 50.4 Å². The lowest BCUT2D eigenvalue weighted by atomic mass is 10.0. The lowest BCUT2D eigenvalue weighted by Crippen LogP contribution is -2.01. The minimum Gasteiger partial charge on any atom is -0.508 e. The van der Waals surface area contributed by atoms with Gasteiger partial charge in [0.25, 0.3) is 0 Å². The summed E-state index contributed by atoms with van der Waals surface area (Å²) in [4.78, 5) is 24.0. The first kappa shape index (κ1) is 25.2. The number of hydrogen-bond acceptors (Lipinski definition) is 10. The maximum Gasteiger partial charge on any atom is 0.201 e. The summed E-state index contributed by atoms with van der Waals surface area (Å²) in [6, 6.07) is 15.6. The Hall–Kier alpha value is -5.38. The van der Waals surface area contributed by atoms with Gasteiger partial charge >= 0.3 is 0 Å². The van der Waals surface area contributed by atoms with Gasteiger partial charge in [0.1, 0.15) is 11.5 Å². The predicted molar refractivity (Wildman–Crippen MR) is 126 cm³/mol. The van der Waals surface area contributed by atoms with Gasteiger partial charge in [-0.2, -0.15) is 0 Å². The molecule has 4 aromatic rings. The van der Waals surface area contributed by atoms with E-state index in [1.165, 1.54) is 60.7 Å². The van der Waals surface area contributed by atoms with Gasteiger partial charge in [0.15, 0.2) is 34.6 Å². The zero-order chi connectivity index (χ0) is 26.6. The maximum absolute atomic E-state index is 12.0. The molecule has 0 aliphatic carbocycles. The molecular weight excluding hydrogens is 472 g/mol. The summed E-state index contributed by atoms with van der Waals surface area (Å²) >= 11 is 0. The van der Waals surface area contributed by atoms with Crippen LogP contribution < -0.4 is 0 Å². The van der Waals surface area contributed by atoms with Crippen LogP contribution in [0.4, 0.5) is 0 Å². The number of phenols is 8. The number of rotatable bonds is 4. The second-order valence-corrected chi connectivity index (χ2v) is 7.41. The van der Waals surface area contributed by atoms with Gasteiger partial charge < -0.3 is 40.9 Å². The van der Waals surface area contributed by atoms with Crippen LogP contribution in [-0.2, 0) is 0 Å². The Kier molecular flexibility index (Phi) is 7.20. The average Bonchev–Trinajstić information content (AvgIpc) is 2.87. The van der Waals surface area contributed by atoms with E-state index in [1.54, 1.807) is 0 Å². The quantitative estimate of drug-likeness (QED) is 0.154. The first-order chi connectivity index (χ1) is 17.0. The molecule has 0 aliphatic rings. The van der Waals surface area contributed by atoms with Crippen molar-refractivity contribution >= 4 is 11.6 Å². The molecule has 0 aromatic heterocycles. The third kappa shape index (κ3) is 5.23. The van der Waals surface area contributed by atoms with Crippen LogP contribution in [0.5, 0.6) is 46.0 Å². The fourth-order valence-electron chi connectivity index (χ4n) is 3.04. The van der Waals surface area contributed by atoms with E-state index in [9.17, 15) is 30.0 Å². The maximum atomic E-state index is 12.0. The van der Waals surface area contributed by atoms with Gasteiger partial charge in [0.2, 0.25) is 11.5 Å². The Labute approximate surface area is 203 Å². The number of phenolic OH excluding ortho intramolecular Hbond substituents is 8. The minimum absolute atomic E-state index is 0.0179. The molecule has 10 nitrogen and oxygen atoms in total. The van der Waals surface area contributed by atoms with Crippen LogP contribution >= 0.6 is 0 Å². The Morgan fingerprint density at radius 1 is 0.389 bits per heavy atom. The van der Waals surface area contributed by atoms with Gasteiger partial charge in [-0.15, -0.1) is 0 Å². The lowest BCUT2D eigenvalue weighted by molar-refractivity contribution is 0.102. The number of hydrogen-bond donors (Lipinski definition) is 8. The van der Waals surface area contributed by atoms with Crippen molar-refractivity contribution in [1.82, 2.24) is 0 Å². The SMILES string of the molecule is O=C(c1ccc(O)cc1)c1ccc(O)c(O)c1O.O=C(c1ccc(O)cc1)c1ccc(O)c(O)c1O. The van der Waals surface area contributed by atoms with Gasteiger partial charge in [0, 0.05) is 11.1 Å². The molecule has 0 unspecified atom stereocenters.